The fourth-order valence-corrected chi connectivity index (χ4v) is 3.58. The Morgan fingerprint density at radius 1 is 1.57 bits per heavy atom. The van der Waals surface area contributed by atoms with Crippen LogP contribution >= 0.6 is 11.3 Å². The van der Waals surface area contributed by atoms with Gasteiger partial charge >= 0.3 is 6.03 Å². The van der Waals surface area contributed by atoms with Crippen LogP contribution in [-0.2, 0) is 12.8 Å². The Morgan fingerprint density at radius 2 is 2.43 bits per heavy atom. The number of aryl methyl sites for hydroxylation is 3. The number of amides is 2. The number of thiazole rings is 1. The molecule has 0 bridgehead atoms. The lowest BCUT2D eigenvalue weighted by atomic mass is 10.1. The summed E-state index contributed by atoms with van der Waals surface area (Å²) in [6, 6.07) is -0.104. The number of aromatic nitrogens is 3. The van der Waals surface area contributed by atoms with Crippen LogP contribution < -0.4 is 10.2 Å². The zero-order valence-corrected chi connectivity index (χ0v) is 13.1. The predicted octanol–water partition coefficient (Wildman–Crippen LogP) is 3.11. The molecule has 3 heterocycles. The third-order valence-corrected chi connectivity index (χ3v) is 4.70. The number of fused-ring (bicyclic) bond motifs is 1. The molecule has 0 aliphatic carbocycles. The average Bonchev–Trinajstić information content (AvgIpc) is 3.06. The molecule has 2 aromatic rings. The molecule has 0 aromatic carbocycles. The van der Waals surface area contributed by atoms with Gasteiger partial charge in [-0.3, -0.25) is 15.3 Å². The van der Waals surface area contributed by atoms with Crippen LogP contribution in [0.1, 0.15) is 36.2 Å². The Balaban J connectivity index is 1.76. The highest BCUT2D eigenvalue weighted by molar-refractivity contribution is 7.16. The van der Waals surface area contributed by atoms with Crippen molar-refractivity contribution in [3.63, 3.8) is 0 Å². The van der Waals surface area contributed by atoms with Crippen molar-refractivity contribution in [1.82, 2.24) is 15.2 Å². The van der Waals surface area contributed by atoms with Crippen molar-refractivity contribution in [1.29, 1.82) is 0 Å². The number of nitrogens with zero attached hydrogens (tertiary/aromatic N) is 3. The Bertz CT molecular complexity index is 648. The number of rotatable bonds is 3. The molecule has 21 heavy (non-hydrogen) atoms. The molecule has 2 aromatic heterocycles. The SMILES string of the molecule is CCCc1nc(C)c(NC(=O)N2CCCc3[nH]ncc32)s1. The second-order valence-corrected chi connectivity index (χ2v) is 6.27. The van der Waals surface area contributed by atoms with E-state index in [0.717, 1.165) is 59.3 Å². The molecule has 0 unspecified atom stereocenters. The minimum Gasteiger partial charge on any atom is -0.297 e. The number of nitrogens with one attached hydrogen (secondary N) is 2. The standard InChI is InChI=1S/C14H19N5OS/c1-3-5-12-16-9(2)13(21-12)17-14(20)19-7-4-6-10-11(19)8-15-18-10/h8H,3-7H2,1-2H3,(H,15,18)(H,17,20). The van der Waals surface area contributed by atoms with Gasteiger partial charge in [-0.15, -0.1) is 11.3 Å². The smallest absolute Gasteiger partial charge is 0.297 e. The highest BCUT2D eigenvalue weighted by atomic mass is 32.1. The normalized spacial score (nSPS) is 14.1. The number of hydrogen-bond donors (Lipinski definition) is 2. The monoisotopic (exact) mass is 305 g/mol. The van der Waals surface area contributed by atoms with Gasteiger partial charge in [0, 0.05) is 6.54 Å². The number of anilines is 2. The molecule has 1 aliphatic rings. The molecule has 3 rings (SSSR count). The summed E-state index contributed by atoms with van der Waals surface area (Å²) >= 11 is 1.57. The molecule has 0 atom stereocenters. The van der Waals surface area contributed by atoms with Gasteiger partial charge in [0.05, 0.1) is 28.3 Å². The summed E-state index contributed by atoms with van der Waals surface area (Å²) in [5.74, 6) is 0. The molecule has 0 radical (unpaired) electrons. The summed E-state index contributed by atoms with van der Waals surface area (Å²) in [6.45, 7) is 4.78. The fraction of sp³-hybridized carbons (Fsp3) is 0.500. The number of urea groups is 1. The number of carbonyl (C=O) groups is 1. The average molecular weight is 305 g/mol. The largest absolute Gasteiger partial charge is 0.327 e. The van der Waals surface area contributed by atoms with E-state index in [4.69, 9.17) is 0 Å². The van der Waals surface area contributed by atoms with E-state index in [0.29, 0.717) is 0 Å². The van der Waals surface area contributed by atoms with Gasteiger partial charge in [0.15, 0.2) is 0 Å². The molecule has 7 heteroatoms. The molecule has 0 spiro atoms. The van der Waals surface area contributed by atoms with Gasteiger partial charge in [0.25, 0.3) is 0 Å². The number of hydrogen-bond acceptors (Lipinski definition) is 4. The molecule has 6 nitrogen and oxygen atoms in total. The topological polar surface area (TPSA) is 73.9 Å². The zero-order valence-electron chi connectivity index (χ0n) is 12.3. The summed E-state index contributed by atoms with van der Waals surface area (Å²) in [5.41, 5.74) is 2.81. The number of carbonyl (C=O) groups excluding carboxylic acids is 1. The van der Waals surface area contributed by atoms with Gasteiger partial charge in [-0.25, -0.2) is 9.78 Å². The van der Waals surface area contributed by atoms with Crippen LogP contribution in [0.2, 0.25) is 0 Å². The predicted molar refractivity (Wildman–Crippen MR) is 84.1 cm³/mol. The van der Waals surface area contributed by atoms with Crippen molar-refractivity contribution in [3.05, 3.63) is 22.6 Å². The van der Waals surface area contributed by atoms with Crippen LogP contribution in [0.3, 0.4) is 0 Å². The molecule has 2 amide bonds. The van der Waals surface area contributed by atoms with E-state index < -0.39 is 0 Å². The minimum atomic E-state index is -0.104. The number of aromatic amines is 1. The van der Waals surface area contributed by atoms with E-state index >= 15 is 0 Å². The van der Waals surface area contributed by atoms with Crippen LogP contribution in [0.25, 0.3) is 0 Å². The lowest BCUT2D eigenvalue weighted by Gasteiger charge is -2.26. The fourth-order valence-electron chi connectivity index (χ4n) is 2.52. The second kappa shape index (κ2) is 5.85. The molecule has 0 saturated heterocycles. The van der Waals surface area contributed by atoms with E-state index in [1.54, 1.807) is 22.4 Å². The quantitative estimate of drug-likeness (QED) is 0.915. The maximum Gasteiger partial charge on any atom is 0.327 e. The van der Waals surface area contributed by atoms with Crippen molar-refractivity contribution in [2.75, 3.05) is 16.8 Å². The number of H-pyrrole nitrogens is 1. The van der Waals surface area contributed by atoms with E-state index in [2.05, 4.69) is 27.4 Å². The summed E-state index contributed by atoms with van der Waals surface area (Å²) in [5, 5.41) is 11.9. The first-order valence-electron chi connectivity index (χ1n) is 7.26. The van der Waals surface area contributed by atoms with E-state index in [-0.39, 0.29) is 6.03 Å². The molecule has 0 fully saturated rings. The van der Waals surface area contributed by atoms with Gasteiger partial charge in [-0.05, 0) is 32.6 Å². The van der Waals surface area contributed by atoms with Crippen molar-refractivity contribution in [2.24, 2.45) is 0 Å². The highest BCUT2D eigenvalue weighted by Crippen LogP contribution is 2.28. The van der Waals surface area contributed by atoms with E-state index in [1.165, 1.54) is 0 Å². The Morgan fingerprint density at radius 3 is 3.24 bits per heavy atom. The summed E-state index contributed by atoms with van der Waals surface area (Å²) in [4.78, 5) is 18.8. The van der Waals surface area contributed by atoms with Crippen LogP contribution in [0.15, 0.2) is 6.20 Å². The Kier molecular flexibility index (Phi) is 3.92. The molecule has 2 N–H and O–H groups in total. The highest BCUT2D eigenvalue weighted by Gasteiger charge is 2.25. The second-order valence-electron chi connectivity index (χ2n) is 5.19. The zero-order chi connectivity index (χ0) is 14.8. The van der Waals surface area contributed by atoms with Crippen LogP contribution in [-0.4, -0.2) is 27.8 Å². The molecule has 1 aliphatic heterocycles. The molecular weight excluding hydrogens is 286 g/mol. The van der Waals surface area contributed by atoms with E-state index in [9.17, 15) is 4.79 Å². The lowest BCUT2D eigenvalue weighted by molar-refractivity contribution is 0.256. The van der Waals surface area contributed by atoms with Crippen molar-refractivity contribution >= 4 is 28.1 Å². The Labute approximate surface area is 127 Å². The summed E-state index contributed by atoms with van der Waals surface area (Å²) in [7, 11) is 0. The van der Waals surface area contributed by atoms with Crippen LogP contribution in [0, 0.1) is 6.92 Å². The molecule has 112 valence electrons. The minimum absolute atomic E-state index is 0.104. The van der Waals surface area contributed by atoms with Gasteiger partial charge < -0.3 is 0 Å². The summed E-state index contributed by atoms with van der Waals surface area (Å²) in [6.07, 6.45) is 5.63. The van der Waals surface area contributed by atoms with Gasteiger partial charge in [0.1, 0.15) is 5.00 Å². The van der Waals surface area contributed by atoms with E-state index in [1.807, 2.05) is 6.92 Å². The lowest BCUT2D eigenvalue weighted by Crippen LogP contribution is -2.38. The van der Waals surface area contributed by atoms with Crippen molar-refractivity contribution in [2.45, 2.75) is 39.5 Å². The maximum absolute atomic E-state index is 12.5. The Hall–Kier alpha value is -1.89. The van der Waals surface area contributed by atoms with Gasteiger partial charge in [0.2, 0.25) is 0 Å². The van der Waals surface area contributed by atoms with Crippen molar-refractivity contribution in [3.8, 4) is 0 Å². The molecular formula is C14H19N5OS. The first-order valence-corrected chi connectivity index (χ1v) is 8.07. The maximum atomic E-state index is 12.5. The first-order chi connectivity index (χ1) is 10.2. The summed E-state index contributed by atoms with van der Waals surface area (Å²) < 4.78 is 0. The van der Waals surface area contributed by atoms with Crippen LogP contribution in [0.4, 0.5) is 15.5 Å². The third kappa shape index (κ3) is 2.78. The van der Waals surface area contributed by atoms with Gasteiger partial charge in [-0.1, -0.05) is 6.92 Å². The first kappa shape index (κ1) is 14.1. The van der Waals surface area contributed by atoms with Crippen LogP contribution in [0.5, 0.6) is 0 Å². The molecule has 0 saturated carbocycles. The third-order valence-electron chi connectivity index (χ3n) is 3.57. The van der Waals surface area contributed by atoms with Crippen molar-refractivity contribution < 1.29 is 4.79 Å². The van der Waals surface area contributed by atoms with Gasteiger partial charge in [-0.2, -0.15) is 5.10 Å².